The number of methoxy groups -OCH3 is 1. The van der Waals surface area contributed by atoms with Gasteiger partial charge in [0.05, 0.1) is 24.8 Å². The molecule has 1 saturated heterocycles. The predicted octanol–water partition coefficient (Wildman–Crippen LogP) is 4.09. The van der Waals surface area contributed by atoms with Gasteiger partial charge in [-0.15, -0.1) is 0 Å². The molecule has 0 radical (unpaired) electrons. The first-order valence-corrected chi connectivity index (χ1v) is 13.2. The number of nitrogens with one attached hydrogen (secondary N) is 2. The molecule has 2 aliphatic rings. The number of hydrogen-bond donors (Lipinski definition) is 2. The van der Waals surface area contributed by atoms with Gasteiger partial charge in [-0.05, 0) is 64.5 Å². The minimum absolute atomic E-state index is 0.0691. The Labute approximate surface area is 217 Å². The van der Waals surface area contributed by atoms with Crippen molar-refractivity contribution >= 4 is 22.7 Å². The number of aromatic nitrogens is 2. The maximum absolute atomic E-state index is 13.5. The maximum atomic E-state index is 13.5. The number of ether oxygens (including phenoxy) is 1. The summed E-state index contributed by atoms with van der Waals surface area (Å²) in [5, 5.41) is 3.85. The van der Waals surface area contributed by atoms with Gasteiger partial charge in [0.25, 0.3) is 11.5 Å². The lowest BCUT2D eigenvalue weighted by atomic mass is 9.89. The quantitative estimate of drug-likeness (QED) is 0.506. The van der Waals surface area contributed by atoms with E-state index in [4.69, 9.17) is 4.74 Å². The van der Waals surface area contributed by atoms with E-state index < -0.39 is 0 Å². The van der Waals surface area contributed by atoms with Gasteiger partial charge >= 0.3 is 0 Å². The van der Waals surface area contributed by atoms with E-state index in [9.17, 15) is 14.4 Å². The molecule has 1 saturated carbocycles. The van der Waals surface area contributed by atoms with Crippen LogP contribution in [0.25, 0.3) is 10.9 Å². The number of likely N-dealkylation sites (tertiary alicyclic amines) is 1. The van der Waals surface area contributed by atoms with Gasteiger partial charge in [-0.1, -0.05) is 18.2 Å². The summed E-state index contributed by atoms with van der Waals surface area (Å²) < 4.78 is 7.66. The molecule has 2 fully saturated rings. The highest BCUT2D eigenvalue weighted by atomic mass is 16.5. The molecule has 3 aromatic rings. The number of para-hydroxylation sites is 1. The topological polar surface area (TPSA) is 96.4 Å². The Kier molecular flexibility index (Phi) is 6.84. The average molecular weight is 505 g/mol. The van der Waals surface area contributed by atoms with Gasteiger partial charge in [-0.2, -0.15) is 0 Å². The summed E-state index contributed by atoms with van der Waals surface area (Å²) in [5.74, 6) is 1.26. The number of aryl methyl sites for hydroxylation is 1. The first-order valence-electron chi connectivity index (χ1n) is 13.2. The lowest BCUT2D eigenvalue weighted by molar-refractivity contribution is -0.134. The van der Waals surface area contributed by atoms with Gasteiger partial charge in [-0.25, -0.2) is 0 Å². The van der Waals surface area contributed by atoms with Crippen molar-refractivity contribution in [2.45, 2.75) is 59.0 Å². The van der Waals surface area contributed by atoms with Crippen LogP contribution in [0.15, 0.2) is 35.1 Å². The Balaban J connectivity index is 1.38. The molecule has 3 heterocycles. The molecule has 8 heteroatoms. The van der Waals surface area contributed by atoms with E-state index in [1.54, 1.807) is 13.0 Å². The highest BCUT2D eigenvalue weighted by Gasteiger charge is 2.36. The summed E-state index contributed by atoms with van der Waals surface area (Å²) in [5.41, 5.74) is 3.39. The van der Waals surface area contributed by atoms with E-state index in [1.807, 2.05) is 30.0 Å². The van der Waals surface area contributed by atoms with E-state index in [0.717, 1.165) is 55.4 Å². The SMILES string of the molecule is COc1cc(C)[nH]c(=O)c1CNC(=O)c1c(C)n([C@H](C)C2CCN(C(=O)C3CC3)CC2)c2ccccc12. The summed E-state index contributed by atoms with van der Waals surface area (Å²) in [7, 11) is 1.52. The highest BCUT2D eigenvalue weighted by molar-refractivity contribution is 6.08. The summed E-state index contributed by atoms with van der Waals surface area (Å²) in [6.07, 6.45) is 4.01. The summed E-state index contributed by atoms with van der Waals surface area (Å²) >= 11 is 0. The molecule has 1 aliphatic carbocycles. The molecule has 0 bridgehead atoms. The summed E-state index contributed by atoms with van der Waals surface area (Å²) in [6, 6.07) is 9.94. The van der Waals surface area contributed by atoms with Crippen LogP contribution in [-0.2, 0) is 11.3 Å². The van der Waals surface area contributed by atoms with Crippen LogP contribution < -0.4 is 15.6 Å². The number of nitrogens with zero attached hydrogens (tertiary/aromatic N) is 2. The van der Waals surface area contributed by atoms with Gasteiger partial charge in [-0.3, -0.25) is 14.4 Å². The minimum atomic E-state index is -0.267. The molecule has 1 atom stereocenters. The zero-order valence-corrected chi connectivity index (χ0v) is 22.1. The van der Waals surface area contributed by atoms with E-state index >= 15 is 0 Å². The van der Waals surface area contributed by atoms with Crippen molar-refractivity contribution in [2.75, 3.05) is 20.2 Å². The van der Waals surface area contributed by atoms with Gasteiger partial charge in [0.15, 0.2) is 0 Å². The minimum Gasteiger partial charge on any atom is -0.496 e. The molecule has 5 rings (SSSR count). The second-order valence-corrected chi connectivity index (χ2v) is 10.5. The van der Waals surface area contributed by atoms with E-state index in [2.05, 4.69) is 27.9 Å². The van der Waals surface area contributed by atoms with Crippen molar-refractivity contribution in [1.82, 2.24) is 19.8 Å². The van der Waals surface area contributed by atoms with Gasteiger partial charge in [0.2, 0.25) is 5.91 Å². The summed E-state index contributed by atoms with van der Waals surface area (Å²) in [6.45, 7) is 7.70. The Morgan fingerprint density at radius 3 is 2.51 bits per heavy atom. The highest BCUT2D eigenvalue weighted by Crippen LogP contribution is 2.37. The molecule has 8 nitrogen and oxygen atoms in total. The Morgan fingerprint density at radius 2 is 1.84 bits per heavy atom. The molecule has 196 valence electrons. The molecular formula is C29H36N4O4. The number of pyridine rings is 1. The molecule has 2 N–H and O–H groups in total. The van der Waals surface area contributed by atoms with Gasteiger partial charge < -0.3 is 24.5 Å². The smallest absolute Gasteiger partial charge is 0.256 e. The van der Waals surface area contributed by atoms with Crippen molar-refractivity contribution in [2.24, 2.45) is 11.8 Å². The summed E-state index contributed by atoms with van der Waals surface area (Å²) in [4.78, 5) is 43.3. The Hall–Kier alpha value is -3.55. The number of amides is 2. The van der Waals surface area contributed by atoms with Gasteiger partial charge in [0, 0.05) is 47.3 Å². The lowest BCUT2D eigenvalue weighted by Crippen LogP contribution is -2.41. The number of benzene rings is 1. The van der Waals surface area contributed by atoms with E-state index in [-0.39, 0.29) is 30.0 Å². The Bertz CT molecular complexity index is 1390. The van der Waals surface area contributed by atoms with Crippen LogP contribution in [0.5, 0.6) is 5.75 Å². The van der Waals surface area contributed by atoms with Crippen LogP contribution in [0.2, 0.25) is 0 Å². The third-order valence-corrected chi connectivity index (χ3v) is 8.13. The molecule has 2 aromatic heterocycles. The van der Waals surface area contributed by atoms with Crippen molar-refractivity contribution in [3.8, 4) is 5.75 Å². The molecule has 1 aromatic carbocycles. The van der Waals surface area contributed by atoms with Crippen LogP contribution >= 0.6 is 0 Å². The van der Waals surface area contributed by atoms with E-state index in [0.29, 0.717) is 34.4 Å². The molecular weight excluding hydrogens is 468 g/mol. The number of H-pyrrole nitrogens is 1. The lowest BCUT2D eigenvalue weighted by Gasteiger charge is -2.36. The molecule has 2 amide bonds. The predicted molar refractivity (Wildman–Crippen MR) is 143 cm³/mol. The maximum Gasteiger partial charge on any atom is 0.256 e. The van der Waals surface area contributed by atoms with Crippen LogP contribution in [0.3, 0.4) is 0 Å². The van der Waals surface area contributed by atoms with E-state index in [1.165, 1.54) is 7.11 Å². The normalized spacial score (nSPS) is 17.1. The number of fused-ring (bicyclic) bond motifs is 1. The monoisotopic (exact) mass is 504 g/mol. The fourth-order valence-electron chi connectivity index (χ4n) is 5.90. The number of hydrogen-bond acceptors (Lipinski definition) is 4. The number of aromatic amines is 1. The van der Waals surface area contributed by atoms with Gasteiger partial charge in [0.1, 0.15) is 5.75 Å². The zero-order chi connectivity index (χ0) is 26.3. The number of carbonyl (C=O) groups is 2. The molecule has 1 aliphatic heterocycles. The fraction of sp³-hybridized carbons (Fsp3) is 0.483. The average Bonchev–Trinajstić information content (AvgIpc) is 3.70. The number of piperidine rings is 1. The third kappa shape index (κ3) is 4.77. The van der Waals surface area contributed by atoms with Crippen molar-refractivity contribution < 1.29 is 14.3 Å². The van der Waals surface area contributed by atoms with Crippen LogP contribution in [0.1, 0.15) is 66.0 Å². The molecule has 0 unspecified atom stereocenters. The Morgan fingerprint density at radius 1 is 1.14 bits per heavy atom. The largest absolute Gasteiger partial charge is 0.496 e. The first-order chi connectivity index (χ1) is 17.8. The second-order valence-electron chi connectivity index (χ2n) is 10.5. The second kappa shape index (κ2) is 10.1. The first kappa shape index (κ1) is 25.1. The number of rotatable bonds is 7. The van der Waals surface area contributed by atoms with Crippen molar-refractivity contribution in [3.63, 3.8) is 0 Å². The van der Waals surface area contributed by atoms with Crippen LogP contribution in [0, 0.1) is 25.7 Å². The molecule has 37 heavy (non-hydrogen) atoms. The fourth-order valence-corrected chi connectivity index (χ4v) is 5.90. The standard InChI is InChI=1S/C29H36N4O4/c1-17-15-25(37-4)23(27(34)31-17)16-30-28(35)26-19(3)33(24-8-6-5-7-22(24)26)18(2)20-11-13-32(14-12-20)29(36)21-9-10-21/h5-8,15,18,20-21H,9-14,16H2,1-4H3,(H,30,35)(H,31,34)/t18-/m1/s1. The van der Waals surface area contributed by atoms with Crippen LogP contribution in [-0.4, -0.2) is 46.5 Å². The van der Waals surface area contributed by atoms with Crippen molar-refractivity contribution in [3.05, 3.63) is 63.2 Å². The third-order valence-electron chi connectivity index (χ3n) is 8.13. The zero-order valence-electron chi connectivity index (χ0n) is 22.1. The van der Waals surface area contributed by atoms with Crippen molar-refractivity contribution in [1.29, 1.82) is 0 Å². The van der Waals surface area contributed by atoms with Crippen LogP contribution in [0.4, 0.5) is 0 Å². The number of carbonyl (C=O) groups excluding carboxylic acids is 2. The molecule has 0 spiro atoms.